The molecular formula is C29H21Cl2N3O3. The van der Waals surface area contributed by atoms with E-state index < -0.39 is 17.9 Å². The highest BCUT2D eigenvalue weighted by Gasteiger charge is 2.25. The van der Waals surface area contributed by atoms with Crippen LogP contribution in [-0.4, -0.2) is 33.0 Å². The van der Waals surface area contributed by atoms with Gasteiger partial charge in [-0.25, -0.2) is 4.79 Å². The normalized spacial score (nSPS) is 12.0. The fraction of sp³-hybridized carbons (Fsp3) is 0.103. The van der Waals surface area contributed by atoms with Crippen molar-refractivity contribution in [3.05, 3.63) is 106 Å². The SMILES string of the molecule is Cc1c(-c2ccc(C[C@H](NC(=O)c3c(Cl)cccc3Cl)C(=O)O)c3ncccc23)ncc2ccccc12. The van der Waals surface area contributed by atoms with Crippen LogP contribution in [0.4, 0.5) is 0 Å². The van der Waals surface area contributed by atoms with Crippen molar-refractivity contribution in [3.8, 4) is 11.3 Å². The Morgan fingerprint density at radius 3 is 2.41 bits per heavy atom. The number of hydrogen-bond donors (Lipinski definition) is 2. The van der Waals surface area contributed by atoms with Crippen LogP contribution in [0.25, 0.3) is 32.9 Å². The van der Waals surface area contributed by atoms with E-state index in [0.717, 1.165) is 33.0 Å². The first-order chi connectivity index (χ1) is 17.8. The Kier molecular flexibility index (Phi) is 6.78. The Labute approximate surface area is 222 Å². The van der Waals surface area contributed by atoms with Crippen LogP contribution in [0.3, 0.4) is 0 Å². The molecule has 0 aliphatic carbocycles. The number of carbonyl (C=O) groups excluding carboxylic acids is 1. The van der Waals surface area contributed by atoms with Crippen LogP contribution in [0.2, 0.25) is 10.0 Å². The van der Waals surface area contributed by atoms with Gasteiger partial charge in [0.1, 0.15) is 6.04 Å². The highest BCUT2D eigenvalue weighted by atomic mass is 35.5. The maximum Gasteiger partial charge on any atom is 0.326 e. The summed E-state index contributed by atoms with van der Waals surface area (Å²) < 4.78 is 0. The Balaban J connectivity index is 1.53. The van der Waals surface area contributed by atoms with Crippen LogP contribution in [0.15, 0.2) is 79.1 Å². The number of fused-ring (bicyclic) bond motifs is 2. The van der Waals surface area contributed by atoms with E-state index in [4.69, 9.17) is 28.2 Å². The number of nitrogens with zero attached hydrogens (tertiary/aromatic N) is 2. The van der Waals surface area contributed by atoms with E-state index in [2.05, 4.69) is 16.4 Å². The molecule has 0 saturated carbocycles. The van der Waals surface area contributed by atoms with Gasteiger partial charge in [-0.15, -0.1) is 0 Å². The zero-order valence-electron chi connectivity index (χ0n) is 19.7. The van der Waals surface area contributed by atoms with Crippen molar-refractivity contribution in [1.29, 1.82) is 0 Å². The lowest BCUT2D eigenvalue weighted by Crippen LogP contribution is -2.42. The van der Waals surface area contributed by atoms with Gasteiger partial charge in [0.25, 0.3) is 5.91 Å². The summed E-state index contributed by atoms with van der Waals surface area (Å²) >= 11 is 12.3. The number of aromatic nitrogens is 2. The summed E-state index contributed by atoms with van der Waals surface area (Å²) in [5.74, 6) is -1.84. The van der Waals surface area contributed by atoms with Gasteiger partial charge in [0.05, 0.1) is 26.8 Å². The molecule has 37 heavy (non-hydrogen) atoms. The number of hydrogen-bond acceptors (Lipinski definition) is 4. The predicted octanol–water partition coefficient (Wildman–Crippen LogP) is 6.49. The van der Waals surface area contributed by atoms with Gasteiger partial charge in [-0.2, -0.15) is 0 Å². The molecule has 5 rings (SSSR count). The van der Waals surface area contributed by atoms with Crippen molar-refractivity contribution in [2.24, 2.45) is 0 Å². The average molecular weight is 530 g/mol. The number of carboxylic acids is 1. The number of aryl methyl sites for hydroxylation is 1. The third-order valence-electron chi connectivity index (χ3n) is 6.38. The number of carboxylic acid groups (broad SMARTS) is 1. The highest BCUT2D eigenvalue weighted by molar-refractivity contribution is 6.39. The van der Waals surface area contributed by atoms with Gasteiger partial charge in [-0.05, 0) is 41.6 Å². The van der Waals surface area contributed by atoms with Crippen LogP contribution >= 0.6 is 23.2 Å². The van der Waals surface area contributed by atoms with Gasteiger partial charge in [0.2, 0.25) is 0 Å². The highest BCUT2D eigenvalue weighted by Crippen LogP contribution is 2.33. The van der Waals surface area contributed by atoms with Crippen molar-refractivity contribution >= 4 is 56.8 Å². The third-order valence-corrected chi connectivity index (χ3v) is 7.01. The first kappa shape index (κ1) is 24.7. The number of benzene rings is 3. The predicted molar refractivity (Wildman–Crippen MR) is 146 cm³/mol. The van der Waals surface area contributed by atoms with E-state index in [1.807, 2.05) is 55.6 Å². The summed E-state index contributed by atoms with van der Waals surface area (Å²) in [4.78, 5) is 34.3. The smallest absolute Gasteiger partial charge is 0.326 e. The average Bonchev–Trinajstić information content (AvgIpc) is 2.89. The Morgan fingerprint density at radius 1 is 0.919 bits per heavy atom. The maximum atomic E-state index is 12.9. The van der Waals surface area contributed by atoms with Gasteiger partial charge in [0, 0.05) is 35.2 Å². The summed E-state index contributed by atoms with van der Waals surface area (Å²) in [6.07, 6.45) is 3.53. The molecule has 1 atom stereocenters. The van der Waals surface area contributed by atoms with E-state index in [1.165, 1.54) is 12.1 Å². The Morgan fingerprint density at radius 2 is 1.65 bits per heavy atom. The molecule has 0 aliphatic rings. The molecule has 8 heteroatoms. The second-order valence-electron chi connectivity index (χ2n) is 8.66. The summed E-state index contributed by atoms with van der Waals surface area (Å²) in [7, 11) is 0. The molecule has 0 radical (unpaired) electrons. The van der Waals surface area contributed by atoms with Crippen molar-refractivity contribution in [1.82, 2.24) is 15.3 Å². The zero-order valence-corrected chi connectivity index (χ0v) is 21.2. The van der Waals surface area contributed by atoms with Crippen molar-refractivity contribution in [2.75, 3.05) is 0 Å². The van der Waals surface area contributed by atoms with E-state index >= 15 is 0 Å². The molecule has 6 nitrogen and oxygen atoms in total. The first-order valence-electron chi connectivity index (χ1n) is 11.5. The number of aliphatic carboxylic acids is 1. The molecule has 3 aromatic carbocycles. The van der Waals surface area contributed by atoms with Gasteiger partial charge in [-0.1, -0.05) is 71.7 Å². The minimum Gasteiger partial charge on any atom is -0.480 e. The lowest BCUT2D eigenvalue weighted by atomic mass is 9.94. The fourth-order valence-electron chi connectivity index (χ4n) is 4.55. The molecule has 2 aromatic heterocycles. The summed E-state index contributed by atoms with van der Waals surface area (Å²) in [6, 6.07) is 19.0. The lowest BCUT2D eigenvalue weighted by Gasteiger charge is -2.18. The lowest BCUT2D eigenvalue weighted by molar-refractivity contribution is -0.139. The maximum absolute atomic E-state index is 12.9. The minimum absolute atomic E-state index is 0.0149. The molecule has 2 heterocycles. The van der Waals surface area contributed by atoms with E-state index in [0.29, 0.717) is 11.1 Å². The largest absolute Gasteiger partial charge is 0.480 e. The summed E-state index contributed by atoms with van der Waals surface area (Å²) in [5, 5.41) is 15.8. The fourth-order valence-corrected chi connectivity index (χ4v) is 5.12. The summed E-state index contributed by atoms with van der Waals surface area (Å²) in [5.41, 5.74) is 4.13. The number of pyridine rings is 2. The van der Waals surface area contributed by atoms with Crippen LogP contribution in [0, 0.1) is 6.92 Å². The number of rotatable bonds is 6. The third kappa shape index (κ3) is 4.73. The molecule has 0 aliphatic heterocycles. The molecule has 0 bridgehead atoms. The van der Waals surface area contributed by atoms with E-state index in [1.54, 1.807) is 12.3 Å². The molecule has 1 amide bonds. The topological polar surface area (TPSA) is 92.2 Å². The standard InChI is InChI=1S/C29H21Cl2N3O3/c1-16-19-7-3-2-6-18(19)15-33-26(16)21-12-11-17(27-20(21)8-5-13-32-27)14-24(29(36)37)34-28(35)25-22(30)9-4-10-23(25)31/h2-13,15,24H,14H2,1H3,(H,34,35)(H,36,37)/t24-/m0/s1. The van der Waals surface area contributed by atoms with Crippen molar-refractivity contribution in [3.63, 3.8) is 0 Å². The minimum atomic E-state index is -1.23. The van der Waals surface area contributed by atoms with Crippen LogP contribution in [0.1, 0.15) is 21.5 Å². The number of amides is 1. The number of nitrogens with one attached hydrogen (secondary N) is 1. The van der Waals surface area contributed by atoms with Crippen LogP contribution in [-0.2, 0) is 11.2 Å². The Bertz CT molecular complexity index is 1670. The van der Waals surface area contributed by atoms with E-state index in [9.17, 15) is 14.7 Å². The molecule has 2 N–H and O–H groups in total. The molecule has 184 valence electrons. The number of halogens is 2. The van der Waals surface area contributed by atoms with Gasteiger partial charge in [-0.3, -0.25) is 14.8 Å². The second kappa shape index (κ2) is 10.2. The molecule has 0 saturated heterocycles. The van der Waals surface area contributed by atoms with Gasteiger partial charge >= 0.3 is 5.97 Å². The second-order valence-corrected chi connectivity index (χ2v) is 9.47. The first-order valence-corrected chi connectivity index (χ1v) is 12.3. The van der Waals surface area contributed by atoms with E-state index in [-0.39, 0.29) is 22.0 Å². The molecule has 0 fully saturated rings. The molecule has 0 spiro atoms. The quantitative estimate of drug-likeness (QED) is 0.262. The van der Waals surface area contributed by atoms with Gasteiger partial charge in [0.15, 0.2) is 0 Å². The summed E-state index contributed by atoms with van der Waals surface area (Å²) in [6.45, 7) is 2.04. The monoisotopic (exact) mass is 529 g/mol. The van der Waals surface area contributed by atoms with Gasteiger partial charge < -0.3 is 10.4 Å². The molecule has 0 unspecified atom stereocenters. The Hall–Kier alpha value is -4.00. The number of carbonyl (C=O) groups is 2. The zero-order chi connectivity index (χ0) is 26.1. The molecular weight excluding hydrogens is 509 g/mol. The molecule has 5 aromatic rings. The van der Waals surface area contributed by atoms with Crippen LogP contribution in [0.5, 0.6) is 0 Å². The van der Waals surface area contributed by atoms with Crippen LogP contribution < -0.4 is 5.32 Å². The van der Waals surface area contributed by atoms with Crippen molar-refractivity contribution < 1.29 is 14.7 Å². The van der Waals surface area contributed by atoms with Crippen molar-refractivity contribution in [2.45, 2.75) is 19.4 Å².